The molecule has 0 bridgehead atoms. The van der Waals surface area contributed by atoms with Gasteiger partial charge in [-0.15, -0.1) is 0 Å². The molecule has 0 radical (unpaired) electrons. The van der Waals surface area contributed by atoms with Crippen molar-refractivity contribution in [3.63, 3.8) is 0 Å². The van der Waals surface area contributed by atoms with Crippen LogP contribution in [0.15, 0.2) is 67.5 Å². The van der Waals surface area contributed by atoms with Gasteiger partial charge in [0.25, 0.3) is 5.91 Å². The number of likely N-dealkylation sites (tertiary alicyclic amines) is 1. The van der Waals surface area contributed by atoms with Gasteiger partial charge in [-0.2, -0.15) is 0 Å². The van der Waals surface area contributed by atoms with E-state index in [4.69, 9.17) is 9.15 Å². The Kier molecular flexibility index (Phi) is 7.53. The maximum absolute atomic E-state index is 16.3. The number of nitrogens with one attached hydrogen (secondary N) is 1. The van der Waals surface area contributed by atoms with Crippen LogP contribution in [-0.2, 0) is 4.74 Å². The number of carbonyl (C=O) groups excluding carboxylic acids is 2. The first kappa shape index (κ1) is 32.6. The fourth-order valence-corrected chi connectivity index (χ4v) is 7.38. The number of hydrogen-bond donors (Lipinski definition) is 1. The van der Waals surface area contributed by atoms with Crippen molar-refractivity contribution >= 4 is 66.8 Å². The van der Waals surface area contributed by atoms with Crippen LogP contribution in [0, 0.1) is 5.82 Å². The lowest BCUT2D eigenvalue weighted by atomic mass is 10.0. The smallest absolute Gasteiger partial charge is 0.407 e. The largest absolute Gasteiger partial charge is 0.451 e. The molecule has 2 aliphatic rings. The summed E-state index contributed by atoms with van der Waals surface area (Å²) in [4.78, 5) is 73.5. The molecule has 0 saturated carbocycles. The van der Waals surface area contributed by atoms with Gasteiger partial charge in [0.2, 0.25) is 5.43 Å². The fourth-order valence-electron chi connectivity index (χ4n) is 7.38. The van der Waals surface area contributed by atoms with Crippen LogP contribution in [0.3, 0.4) is 0 Å². The fraction of sp³-hybridized carbons (Fsp3) is 0.342. The molecule has 2 aliphatic heterocycles. The summed E-state index contributed by atoms with van der Waals surface area (Å²) in [5.41, 5.74) is -1.26. The number of benzene rings is 4. The number of anilines is 1. The topological polar surface area (TPSA) is 134 Å². The van der Waals surface area contributed by atoms with E-state index in [-0.39, 0.29) is 78.8 Å². The average Bonchev–Trinajstić information content (AvgIpc) is 3.55. The summed E-state index contributed by atoms with van der Waals surface area (Å²) in [6.45, 7) is 8.03. The van der Waals surface area contributed by atoms with Crippen molar-refractivity contribution in [3.05, 3.63) is 90.7 Å². The molecule has 2 fully saturated rings. The van der Waals surface area contributed by atoms with E-state index in [9.17, 15) is 24.0 Å². The molecule has 8 rings (SSSR count). The Morgan fingerprint density at radius 3 is 2.22 bits per heavy atom. The van der Waals surface area contributed by atoms with Gasteiger partial charge in [-0.05, 0) is 52.4 Å². The molecular formula is C38H36FN5O7. The number of piperazine rings is 1. The number of aromatic nitrogens is 1. The second-order valence-corrected chi connectivity index (χ2v) is 14.5. The van der Waals surface area contributed by atoms with Crippen LogP contribution < -0.4 is 26.5 Å². The van der Waals surface area contributed by atoms with Crippen LogP contribution in [0.2, 0.25) is 0 Å². The van der Waals surface area contributed by atoms with Crippen molar-refractivity contribution in [1.82, 2.24) is 19.5 Å². The van der Waals surface area contributed by atoms with E-state index in [1.165, 1.54) is 23.2 Å². The van der Waals surface area contributed by atoms with E-state index in [1.807, 2.05) is 11.9 Å². The molecule has 1 unspecified atom stereocenters. The lowest BCUT2D eigenvalue weighted by molar-refractivity contribution is 0.0502. The maximum Gasteiger partial charge on any atom is 0.407 e. The zero-order valence-electron chi connectivity index (χ0n) is 28.7. The number of halogens is 1. The molecular weight excluding hydrogens is 657 g/mol. The minimum Gasteiger partial charge on any atom is -0.451 e. The van der Waals surface area contributed by atoms with Crippen molar-refractivity contribution in [3.8, 4) is 0 Å². The number of hydrogen-bond acceptors (Lipinski definition) is 9. The summed E-state index contributed by atoms with van der Waals surface area (Å²) in [6.07, 6.45) is 1.25. The quantitative estimate of drug-likeness (QED) is 0.213. The highest BCUT2D eigenvalue weighted by Gasteiger charge is 2.33. The summed E-state index contributed by atoms with van der Waals surface area (Å²) in [5.74, 6) is -1.27. The van der Waals surface area contributed by atoms with Crippen LogP contribution in [0.5, 0.6) is 0 Å². The van der Waals surface area contributed by atoms with Gasteiger partial charge in [-0.3, -0.25) is 19.2 Å². The normalized spacial score (nSPS) is 17.4. The summed E-state index contributed by atoms with van der Waals surface area (Å²) < 4.78 is 29.7. The summed E-state index contributed by atoms with van der Waals surface area (Å²) in [7, 11) is 1.98. The Morgan fingerprint density at radius 2 is 1.55 bits per heavy atom. The first-order valence-electron chi connectivity index (χ1n) is 17.0. The van der Waals surface area contributed by atoms with E-state index in [0.717, 1.165) is 6.07 Å². The molecule has 0 spiro atoms. The van der Waals surface area contributed by atoms with E-state index < -0.39 is 34.9 Å². The third-order valence-corrected chi connectivity index (χ3v) is 9.89. The third-order valence-electron chi connectivity index (χ3n) is 9.89. The van der Waals surface area contributed by atoms with E-state index in [2.05, 4.69) is 10.2 Å². The monoisotopic (exact) mass is 693 g/mol. The number of rotatable bonds is 3. The molecule has 2 saturated heterocycles. The Bertz CT molecular complexity index is 2620. The highest BCUT2D eigenvalue weighted by molar-refractivity contribution is 6.08. The number of likely N-dealkylation sites (N-methyl/N-ethyl adjacent to an activating group) is 1. The summed E-state index contributed by atoms with van der Waals surface area (Å²) in [5, 5.41) is 3.57. The van der Waals surface area contributed by atoms with Crippen LogP contribution in [0.4, 0.5) is 14.9 Å². The first-order chi connectivity index (χ1) is 24.3. The van der Waals surface area contributed by atoms with Gasteiger partial charge >= 0.3 is 6.09 Å². The molecule has 4 aromatic carbocycles. The Morgan fingerprint density at radius 1 is 0.882 bits per heavy atom. The number of nitrogens with zero attached hydrogens (tertiary/aromatic N) is 4. The lowest BCUT2D eigenvalue weighted by Crippen LogP contribution is -2.45. The number of carbonyl (C=O) groups is 2. The van der Waals surface area contributed by atoms with Gasteiger partial charge in [0.15, 0.2) is 27.8 Å². The van der Waals surface area contributed by atoms with Gasteiger partial charge < -0.3 is 33.6 Å². The van der Waals surface area contributed by atoms with Gasteiger partial charge in [0.1, 0.15) is 22.4 Å². The number of amides is 2. The number of fused-ring (bicyclic) bond motifs is 4. The van der Waals surface area contributed by atoms with Crippen molar-refractivity contribution in [2.24, 2.45) is 0 Å². The predicted octanol–water partition coefficient (Wildman–Crippen LogP) is 4.29. The average molecular weight is 694 g/mol. The van der Waals surface area contributed by atoms with Gasteiger partial charge in [-0.25, -0.2) is 9.18 Å². The zero-order chi connectivity index (χ0) is 35.9. The molecule has 1 N–H and O–H groups in total. The minimum absolute atomic E-state index is 0.0648. The summed E-state index contributed by atoms with van der Waals surface area (Å²) in [6, 6.07) is 10.4. The molecule has 51 heavy (non-hydrogen) atoms. The highest BCUT2D eigenvalue weighted by Crippen LogP contribution is 2.37. The van der Waals surface area contributed by atoms with Crippen molar-refractivity contribution < 1.29 is 23.1 Å². The van der Waals surface area contributed by atoms with Crippen molar-refractivity contribution in [2.75, 3.05) is 51.2 Å². The Hall–Kier alpha value is -5.56. The van der Waals surface area contributed by atoms with Crippen LogP contribution in [0.25, 0.3) is 49.1 Å². The van der Waals surface area contributed by atoms with E-state index in [1.54, 1.807) is 49.4 Å². The molecule has 6 aromatic rings. The molecule has 2 amide bonds. The Balaban J connectivity index is 1.34. The lowest BCUT2D eigenvalue weighted by Gasteiger charge is -2.34. The van der Waals surface area contributed by atoms with Crippen LogP contribution in [0.1, 0.15) is 37.6 Å². The molecule has 262 valence electrons. The third kappa shape index (κ3) is 5.43. The van der Waals surface area contributed by atoms with Crippen molar-refractivity contribution in [1.29, 1.82) is 0 Å². The number of ether oxygens (including phenoxy) is 1. The Labute approximate surface area is 289 Å². The predicted molar refractivity (Wildman–Crippen MR) is 193 cm³/mol. The molecule has 0 aliphatic carbocycles. The number of alkyl carbamates (subject to hydrolysis) is 1. The highest BCUT2D eigenvalue weighted by atomic mass is 19.1. The second kappa shape index (κ2) is 11.8. The molecule has 1 atom stereocenters. The summed E-state index contributed by atoms with van der Waals surface area (Å²) >= 11 is 0. The zero-order valence-corrected chi connectivity index (χ0v) is 28.7. The standard InChI is InChI=1S/C38H36FN5O7/c1-38(2,3)51-37(49)40-20-9-10-43(18-20)36(48)26-19-44-28-16-23-24(33(46)22-8-6-5-7-21(22)32(23)45)17-29(28)50-35-30(44)25(34(26)47)15-27(39)31(35)42-13-11-41(4)12-14-42/h5-8,15-17,19-20H,9-14,18H2,1-4H3,(H,40,49). The van der Waals surface area contributed by atoms with Gasteiger partial charge in [0, 0.05) is 67.0 Å². The maximum atomic E-state index is 16.3. The van der Waals surface area contributed by atoms with Crippen LogP contribution >= 0.6 is 0 Å². The van der Waals surface area contributed by atoms with Gasteiger partial charge in [0.05, 0.1) is 16.9 Å². The number of pyridine rings is 1. The van der Waals surface area contributed by atoms with E-state index >= 15 is 4.39 Å². The first-order valence-corrected chi connectivity index (χ1v) is 17.0. The van der Waals surface area contributed by atoms with Gasteiger partial charge in [-0.1, -0.05) is 24.3 Å². The van der Waals surface area contributed by atoms with E-state index in [0.29, 0.717) is 38.1 Å². The second-order valence-electron chi connectivity index (χ2n) is 14.5. The minimum atomic E-state index is -0.696. The van der Waals surface area contributed by atoms with Crippen LogP contribution in [-0.4, -0.2) is 84.2 Å². The van der Waals surface area contributed by atoms with Crippen molar-refractivity contribution in [2.45, 2.75) is 38.8 Å². The molecule has 4 heterocycles. The molecule has 2 aromatic heterocycles. The molecule has 13 heteroatoms. The molecule has 12 nitrogen and oxygen atoms in total. The SMILES string of the molecule is CN1CCN(c2c(F)cc3c(=O)c(C(=O)N4CCC(NC(=O)OC(C)(C)C)C4)cn4c5cc6c(=O)c7ccccc7c(=O)c6cc5oc2c34)CC1.